The van der Waals surface area contributed by atoms with Gasteiger partial charge in [-0.05, 0) is 47.7 Å². The largest absolute Gasteiger partial charge is 0.493 e. The number of ether oxygens (including phenoxy) is 2. The summed E-state index contributed by atoms with van der Waals surface area (Å²) in [6, 6.07) is 22.9. The highest BCUT2D eigenvalue weighted by Crippen LogP contribution is 2.38. The number of para-hydroxylation sites is 2. The van der Waals surface area contributed by atoms with Gasteiger partial charge in [0.05, 0.1) is 12.1 Å². The average Bonchev–Trinajstić information content (AvgIpc) is 3.13. The summed E-state index contributed by atoms with van der Waals surface area (Å²) in [5, 5.41) is 19.4. The van der Waals surface area contributed by atoms with Crippen molar-refractivity contribution < 1.29 is 19.4 Å². The quantitative estimate of drug-likeness (QED) is 0.281. The van der Waals surface area contributed by atoms with Crippen LogP contribution < -0.4 is 9.47 Å². The smallest absolute Gasteiger partial charge is 0.302 e. The number of azo groups is 1. The number of carbonyl (C=O) groups is 1. The second kappa shape index (κ2) is 10.6. The van der Waals surface area contributed by atoms with Gasteiger partial charge < -0.3 is 19.1 Å². The molecule has 186 valence electrons. The fourth-order valence-corrected chi connectivity index (χ4v) is 3.89. The van der Waals surface area contributed by atoms with Crippen LogP contribution in [-0.4, -0.2) is 28.8 Å². The highest BCUT2D eigenvalue weighted by Gasteiger charge is 2.17. The van der Waals surface area contributed by atoms with Gasteiger partial charge in [-0.15, -0.1) is 10.2 Å². The third kappa shape index (κ3) is 5.74. The molecule has 0 atom stereocenters. The first-order valence-corrected chi connectivity index (χ1v) is 11.9. The number of aryl methyl sites for hydroxylation is 1. The van der Waals surface area contributed by atoms with Crippen LogP contribution in [0.1, 0.15) is 31.9 Å². The fourth-order valence-electron chi connectivity index (χ4n) is 3.89. The van der Waals surface area contributed by atoms with Crippen molar-refractivity contribution in [1.29, 1.82) is 0 Å². The summed E-state index contributed by atoms with van der Waals surface area (Å²) in [5.74, 6) is 0.764. The standard InChI is InChI=1S/C29H31N3O4/c1-20-9-5-8-12-25(20)35-18-17-32-24-11-7-6-10-23(24)27(28(32)34)31-30-26(33)19-36-22-15-13-21(14-16-22)29(2,3)4/h5-16,34H,17-19H2,1-4H3. The van der Waals surface area contributed by atoms with Crippen molar-refractivity contribution in [2.24, 2.45) is 10.2 Å². The van der Waals surface area contributed by atoms with Crippen molar-refractivity contribution in [2.45, 2.75) is 39.7 Å². The van der Waals surface area contributed by atoms with E-state index < -0.39 is 5.91 Å². The molecular formula is C29H31N3O4. The molecule has 0 fully saturated rings. The number of rotatable bonds is 8. The third-order valence-electron chi connectivity index (χ3n) is 5.93. The van der Waals surface area contributed by atoms with Crippen LogP contribution in [0, 0.1) is 6.92 Å². The zero-order valence-corrected chi connectivity index (χ0v) is 21.1. The van der Waals surface area contributed by atoms with E-state index in [2.05, 4.69) is 31.0 Å². The van der Waals surface area contributed by atoms with Crippen molar-refractivity contribution in [3.8, 4) is 17.4 Å². The minimum absolute atomic E-state index is 0.0381. The van der Waals surface area contributed by atoms with Crippen LogP contribution in [0.5, 0.6) is 17.4 Å². The summed E-state index contributed by atoms with van der Waals surface area (Å²) in [7, 11) is 0. The number of hydrogen-bond acceptors (Lipinski definition) is 5. The Morgan fingerprint density at radius 3 is 2.36 bits per heavy atom. The van der Waals surface area contributed by atoms with Crippen molar-refractivity contribution in [1.82, 2.24) is 4.57 Å². The summed E-state index contributed by atoms with van der Waals surface area (Å²) in [6.45, 7) is 8.90. The number of amides is 1. The van der Waals surface area contributed by atoms with Gasteiger partial charge >= 0.3 is 5.91 Å². The average molecular weight is 486 g/mol. The molecule has 4 aromatic rings. The van der Waals surface area contributed by atoms with E-state index in [1.807, 2.05) is 79.7 Å². The fraction of sp³-hybridized carbons (Fsp3) is 0.276. The Bertz CT molecular complexity index is 1380. The molecule has 0 aliphatic rings. The van der Waals surface area contributed by atoms with E-state index in [1.54, 1.807) is 4.57 Å². The lowest BCUT2D eigenvalue weighted by atomic mass is 9.87. The van der Waals surface area contributed by atoms with Gasteiger partial charge in [-0.1, -0.05) is 69.3 Å². The van der Waals surface area contributed by atoms with E-state index in [9.17, 15) is 9.90 Å². The molecule has 7 heteroatoms. The van der Waals surface area contributed by atoms with E-state index in [4.69, 9.17) is 9.47 Å². The van der Waals surface area contributed by atoms with Crippen LogP contribution in [0.15, 0.2) is 83.0 Å². The van der Waals surface area contributed by atoms with Crippen molar-refractivity contribution >= 4 is 22.5 Å². The Hall–Kier alpha value is -4.13. The number of fused-ring (bicyclic) bond motifs is 1. The Morgan fingerprint density at radius 2 is 1.64 bits per heavy atom. The molecule has 4 rings (SSSR count). The third-order valence-corrected chi connectivity index (χ3v) is 5.93. The van der Waals surface area contributed by atoms with Gasteiger partial charge in [-0.25, -0.2) is 0 Å². The molecule has 0 spiro atoms. The van der Waals surface area contributed by atoms with Crippen molar-refractivity contribution in [3.63, 3.8) is 0 Å². The SMILES string of the molecule is Cc1ccccc1OCCn1c(O)c(N=NC(=O)COc2ccc(C(C)(C)C)cc2)c2ccccc21. The van der Waals surface area contributed by atoms with E-state index in [-0.39, 0.29) is 23.6 Å². The highest BCUT2D eigenvalue weighted by molar-refractivity contribution is 5.95. The number of hydrogen-bond donors (Lipinski definition) is 1. The molecule has 0 saturated carbocycles. The van der Waals surface area contributed by atoms with Gasteiger partial charge in [0.15, 0.2) is 12.3 Å². The molecule has 1 aromatic heterocycles. The van der Waals surface area contributed by atoms with Crippen LogP contribution in [0.2, 0.25) is 0 Å². The lowest BCUT2D eigenvalue weighted by Gasteiger charge is -2.19. The van der Waals surface area contributed by atoms with Gasteiger partial charge in [-0.3, -0.25) is 4.79 Å². The maximum Gasteiger partial charge on any atom is 0.302 e. The van der Waals surface area contributed by atoms with Crippen molar-refractivity contribution in [2.75, 3.05) is 13.2 Å². The zero-order valence-electron chi connectivity index (χ0n) is 21.1. The molecule has 1 heterocycles. The molecule has 0 unspecified atom stereocenters. The Morgan fingerprint density at radius 1 is 0.944 bits per heavy atom. The normalized spacial score (nSPS) is 11.8. The minimum atomic E-state index is -0.547. The number of benzene rings is 3. The van der Waals surface area contributed by atoms with Gasteiger partial charge in [0, 0.05) is 5.39 Å². The predicted octanol–water partition coefficient (Wildman–Crippen LogP) is 6.72. The molecule has 3 aromatic carbocycles. The van der Waals surface area contributed by atoms with Gasteiger partial charge in [0.1, 0.15) is 18.1 Å². The number of nitrogens with zero attached hydrogens (tertiary/aromatic N) is 3. The van der Waals surface area contributed by atoms with Gasteiger partial charge in [0.25, 0.3) is 0 Å². The number of carbonyl (C=O) groups excluding carboxylic acids is 1. The van der Waals surface area contributed by atoms with E-state index in [0.29, 0.717) is 24.3 Å². The molecular weight excluding hydrogens is 454 g/mol. The molecule has 7 nitrogen and oxygen atoms in total. The Labute approximate surface area is 211 Å². The molecule has 0 radical (unpaired) electrons. The summed E-state index contributed by atoms with van der Waals surface area (Å²) in [5.41, 5.74) is 3.27. The molecule has 0 aliphatic heterocycles. The molecule has 1 amide bonds. The molecule has 36 heavy (non-hydrogen) atoms. The van der Waals surface area contributed by atoms with Crippen LogP contribution in [0.25, 0.3) is 10.9 Å². The second-order valence-electron chi connectivity index (χ2n) is 9.61. The highest BCUT2D eigenvalue weighted by atomic mass is 16.5. The monoisotopic (exact) mass is 485 g/mol. The van der Waals surface area contributed by atoms with Gasteiger partial charge in [0.2, 0.25) is 5.88 Å². The number of aromatic hydroxyl groups is 1. The summed E-state index contributed by atoms with van der Waals surface area (Å²) >= 11 is 0. The predicted molar refractivity (Wildman–Crippen MR) is 140 cm³/mol. The Kier molecular flexibility index (Phi) is 7.38. The lowest BCUT2D eigenvalue weighted by Crippen LogP contribution is -2.11. The van der Waals surface area contributed by atoms with Crippen LogP contribution in [0.3, 0.4) is 0 Å². The summed E-state index contributed by atoms with van der Waals surface area (Å²) in [6.07, 6.45) is 0. The molecule has 0 saturated heterocycles. The molecule has 0 aliphatic carbocycles. The lowest BCUT2D eigenvalue weighted by molar-refractivity contribution is -0.120. The van der Waals surface area contributed by atoms with Crippen LogP contribution in [-0.2, 0) is 16.8 Å². The second-order valence-corrected chi connectivity index (χ2v) is 9.61. The van der Waals surface area contributed by atoms with Crippen molar-refractivity contribution in [3.05, 3.63) is 83.9 Å². The first-order chi connectivity index (χ1) is 17.2. The van der Waals surface area contributed by atoms with Crippen LogP contribution in [0.4, 0.5) is 5.69 Å². The van der Waals surface area contributed by atoms with E-state index >= 15 is 0 Å². The minimum Gasteiger partial charge on any atom is -0.493 e. The molecule has 0 bridgehead atoms. The maximum atomic E-state index is 12.3. The Balaban J connectivity index is 1.43. The first-order valence-electron chi connectivity index (χ1n) is 11.9. The summed E-state index contributed by atoms with van der Waals surface area (Å²) < 4.78 is 13.2. The summed E-state index contributed by atoms with van der Waals surface area (Å²) in [4.78, 5) is 12.3. The topological polar surface area (TPSA) is 85.4 Å². The van der Waals surface area contributed by atoms with E-state index in [1.165, 1.54) is 5.56 Å². The zero-order chi connectivity index (χ0) is 25.7. The first kappa shape index (κ1) is 25.0. The van der Waals surface area contributed by atoms with Crippen LogP contribution >= 0.6 is 0 Å². The maximum absolute atomic E-state index is 12.3. The number of aromatic nitrogens is 1. The van der Waals surface area contributed by atoms with E-state index in [0.717, 1.165) is 16.8 Å². The molecule has 1 N–H and O–H groups in total. The van der Waals surface area contributed by atoms with Gasteiger partial charge in [-0.2, -0.15) is 0 Å².